The molecule has 0 aliphatic carbocycles. The Morgan fingerprint density at radius 3 is 2.44 bits per heavy atom. The second-order valence-electron chi connectivity index (χ2n) is 4.49. The molecule has 18 heavy (non-hydrogen) atoms. The van der Waals surface area contributed by atoms with Crippen molar-refractivity contribution in [1.29, 1.82) is 0 Å². The van der Waals surface area contributed by atoms with E-state index in [0.717, 1.165) is 0 Å². The van der Waals surface area contributed by atoms with Crippen molar-refractivity contribution in [2.24, 2.45) is 5.73 Å². The number of nitrogens with one attached hydrogen (secondary N) is 2. The molecule has 106 valence electrons. The van der Waals surface area contributed by atoms with Crippen molar-refractivity contribution in [3.05, 3.63) is 0 Å². The van der Waals surface area contributed by atoms with E-state index < -0.39 is 5.54 Å². The number of carbonyl (C=O) groups is 2. The summed E-state index contributed by atoms with van der Waals surface area (Å²) in [5.74, 6) is -0.662. The van der Waals surface area contributed by atoms with E-state index in [1.54, 1.807) is 14.0 Å². The van der Waals surface area contributed by atoms with Crippen LogP contribution in [-0.4, -0.2) is 44.2 Å². The average molecular weight is 259 g/mol. The predicted molar refractivity (Wildman–Crippen MR) is 70.0 cm³/mol. The summed E-state index contributed by atoms with van der Waals surface area (Å²) in [5.41, 5.74) is 4.52. The van der Waals surface area contributed by atoms with E-state index in [2.05, 4.69) is 10.6 Å². The van der Waals surface area contributed by atoms with Gasteiger partial charge in [-0.05, 0) is 39.8 Å². The summed E-state index contributed by atoms with van der Waals surface area (Å²) in [6.45, 7) is 4.42. The zero-order valence-corrected chi connectivity index (χ0v) is 11.7. The van der Waals surface area contributed by atoms with Gasteiger partial charge in [0.2, 0.25) is 5.91 Å². The SMILES string of the molecule is CCNC(C)(CCCC(NC)C(N)=O)C(=O)OC. The lowest BCUT2D eigenvalue weighted by molar-refractivity contribution is -0.148. The predicted octanol–water partition coefficient (Wildman–Crippen LogP) is -0.229. The molecule has 6 heteroatoms. The first-order valence-electron chi connectivity index (χ1n) is 6.21. The molecule has 0 saturated carbocycles. The lowest BCUT2D eigenvalue weighted by Gasteiger charge is -2.28. The standard InChI is InChI=1S/C12H25N3O3/c1-5-15-12(2,11(17)18-4)8-6-7-9(14-3)10(13)16/h9,14-15H,5-8H2,1-4H3,(H2,13,16). The quantitative estimate of drug-likeness (QED) is 0.497. The van der Waals surface area contributed by atoms with Crippen LogP contribution in [0.4, 0.5) is 0 Å². The summed E-state index contributed by atoms with van der Waals surface area (Å²) in [6, 6.07) is -0.353. The molecular weight excluding hydrogens is 234 g/mol. The molecular formula is C12H25N3O3. The van der Waals surface area contributed by atoms with Crippen LogP contribution in [0.25, 0.3) is 0 Å². The molecule has 0 aliphatic rings. The summed E-state index contributed by atoms with van der Waals surface area (Å²) in [5, 5.41) is 5.97. The van der Waals surface area contributed by atoms with E-state index >= 15 is 0 Å². The highest BCUT2D eigenvalue weighted by atomic mass is 16.5. The van der Waals surface area contributed by atoms with Gasteiger partial charge in [-0.3, -0.25) is 9.59 Å². The zero-order chi connectivity index (χ0) is 14.2. The Morgan fingerprint density at radius 1 is 1.44 bits per heavy atom. The summed E-state index contributed by atoms with van der Waals surface area (Å²) < 4.78 is 4.79. The number of nitrogens with two attached hydrogens (primary N) is 1. The fraction of sp³-hybridized carbons (Fsp3) is 0.833. The van der Waals surface area contributed by atoms with Crippen molar-refractivity contribution in [3.8, 4) is 0 Å². The van der Waals surface area contributed by atoms with Crippen molar-refractivity contribution in [1.82, 2.24) is 10.6 Å². The first-order valence-corrected chi connectivity index (χ1v) is 6.21. The highest BCUT2D eigenvalue weighted by molar-refractivity contribution is 5.80. The maximum absolute atomic E-state index is 11.7. The van der Waals surface area contributed by atoms with Crippen LogP contribution in [0.15, 0.2) is 0 Å². The first kappa shape index (κ1) is 16.9. The summed E-state index contributed by atoms with van der Waals surface area (Å²) in [7, 11) is 3.07. The number of methoxy groups -OCH3 is 1. The van der Waals surface area contributed by atoms with E-state index in [0.29, 0.717) is 25.8 Å². The minimum Gasteiger partial charge on any atom is -0.468 e. The van der Waals surface area contributed by atoms with Gasteiger partial charge in [0.25, 0.3) is 0 Å². The van der Waals surface area contributed by atoms with E-state index in [-0.39, 0.29) is 17.9 Å². The number of amides is 1. The maximum atomic E-state index is 11.7. The minimum atomic E-state index is -0.709. The van der Waals surface area contributed by atoms with E-state index in [1.807, 2.05) is 6.92 Å². The van der Waals surface area contributed by atoms with Crippen LogP contribution >= 0.6 is 0 Å². The number of ether oxygens (including phenoxy) is 1. The Bertz CT molecular complexity index is 284. The molecule has 0 heterocycles. The normalized spacial score (nSPS) is 15.8. The monoisotopic (exact) mass is 259 g/mol. The molecule has 0 radical (unpaired) electrons. The first-order chi connectivity index (χ1) is 8.41. The van der Waals surface area contributed by atoms with Gasteiger partial charge in [-0.25, -0.2) is 0 Å². The Morgan fingerprint density at radius 2 is 2.06 bits per heavy atom. The fourth-order valence-corrected chi connectivity index (χ4v) is 1.97. The molecule has 1 amide bonds. The Labute approximate surface area is 109 Å². The molecule has 0 fully saturated rings. The molecule has 2 unspecified atom stereocenters. The van der Waals surface area contributed by atoms with Crippen LogP contribution in [0.3, 0.4) is 0 Å². The van der Waals surface area contributed by atoms with Gasteiger partial charge in [0.05, 0.1) is 13.2 Å². The van der Waals surface area contributed by atoms with Gasteiger partial charge in [0.1, 0.15) is 5.54 Å². The summed E-state index contributed by atoms with van der Waals surface area (Å²) in [6.07, 6.45) is 1.90. The van der Waals surface area contributed by atoms with Gasteiger partial charge in [0, 0.05) is 0 Å². The molecule has 0 rings (SSSR count). The van der Waals surface area contributed by atoms with Crippen LogP contribution in [-0.2, 0) is 14.3 Å². The minimum absolute atomic E-state index is 0.288. The van der Waals surface area contributed by atoms with Crippen molar-refractivity contribution in [3.63, 3.8) is 0 Å². The molecule has 0 aliphatic heterocycles. The molecule has 0 aromatic carbocycles. The molecule has 6 nitrogen and oxygen atoms in total. The molecule has 0 spiro atoms. The van der Waals surface area contributed by atoms with Crippen LogP contribution in [0.5, 0.6) is 0 Å². The van der Waals surface area contributed by atoms with Crippen LogP contribution in [0.1, 0.15) is 33.1 Å². The average Bonchev–Trinajstić information content (AvgIpc) is 2.33. The molecule has 4 N–H and O–H groups in total. The van der Waals surface area contributed by atoms with Crippen LogP contribution in [0, 0.1) is 0 Å². The highest BCUT2D eigenvalue weighted by Crippen LogP contribution is 2.16. The molecule has 0 aromatic rings. The number of likely N-dealkylation sites (N-methyl/N-ethyl adjacent to an activating group) is 2. The maximum Gasteiger partial charge on any atom is 0.325 e. The van der Waals surface area contributed by atoms with Crippen molar-refractivity contribution in [2.75, 3.05) is 20.7 Å². The van der Waals surface area contributed by atoms with Gasteiger partial charge < -0.3 is 21.1 Å². The van der Waals surface area contributed by atoms with Crippen LogP contribution in [0.2, 0.25) is 0 Å². The lowest BCUT2D eigenvalue weighted by atomic mass is 9.93. The van der Waals surface area contributed by atoms with E-state index in [9.17, 15) is 9.59 Å². The van der Waals surface area contributed by atoms with Gasteiger partial charge in [-0.15, -0.1) is 0 Å². The van der Waals surface area contributed by atoms with Gasteiger partial charge >= 0.3 is 5.97 Å². The van der Waals surface area contributed by atoms with Crippen LogP contribution < -0.4 is 16.4 Å². The highest BCUT2D eigenvalue weighted by Gasteiger charge is 2.33. The van der Waals surface area contributed by atoms with Crippen molar-refractivity contribution >= 4 is 11.9 Å². The largest absolute Gasteiger partial charge is 0.468 e. The number of hydrogen-bond donors (Lipinski definition) is 3. The van der Waals surface area contributed by atoms with E-state index in [4.69, 9.17) is 10.5 Å². The Kier molecular flexibility index (Phi) is 7.54. The second kappa shape index (κ2) is 8.05. The molecule has 0 saturated heterocycles. The number of hydrogen-bond acceptors (Lipinski definition) is 5. The van der Waals surface area contributed by atoms with Crippen molar-refractivity contribution in [2.45, 2.75) is 44.7 Å². The fourth-order valence-electron chi connectivity index (χ4n) is 1.97. The summed E-state index contributed by atoms with van der Waals surface area (Å²) in [4.78, 5) is 22.8. The number of esters is 1. The van der Waals surface area contributed by atoms with Gasteiger partial charge in [-0.2, -0.15) is 0 Å². The smallest absolute Gasteiger partial charge is 0.325 e. The summed E-state index contributed by atoms with van der Waals surface area (Å²) >= 11 is 0. The lowest BCUT2D eigenvalue weighted by Crippen LogP contribution is -2.50. The molecule has 2 atom stereocenters. The molecule has 0 bridgehead atoms. The third-order valence-electron chi connectivity index (χ3n) is 3.06. The van der Waals surface area contributed by atoms with Crippen molar-refractivity contribution < 1.29 is 14.3 Å². The Balaban J connectivity index is 4.36. The van der Waals surface area contributed by atoms with Gasteiger partial charge in [0.15, 0.2) is 0 Å². The zero-order valence-electron chi connectivity index (χ0n) is 11.7. The van der Waals surface area contributed by atoms with Gasteiger partial charge in [-0.1, -0.05) is 6.92 Å². The third kappa shape index (κ3) is 5.01. The number of rotatable bonds is 9. The number of primary amides is 1. The third-order valence-corrected chi connectivity index (χ3v) is 3.06. The topological polar surface area (TPSA) is 93.5 Å². The number of carbonyl (C=O) groups excluding carboxylic acids is 2. The molecule has 0 aromatic heterocycles. The van der Waals surface area contributed by atoms with E-state index in [1.165, 1.54) is 7.11 Å². The Hall–Kier alpha value is -1.14. The second-order valence-corrected chi connectivity index (χ2v) is 4.49.